The van der Waals surface area contributed by atoms with Crippen molar-refractivity contribution in [2.45, 2.75) is 199 Å². The van der Waals surface area contributed by atoms with E-state index in [1.807, 2.05) is 5.32 Å². The minimum atomic E-state index is -2.25. The number of nitrogens with one attached hydrogen (secondary N) is 12. The lowest BCUT2D eigenvalue weighted by Crippen LogP contribution is -2.59. The molecular weight excluding hydrogens is 1580 g/mol. The Bertz CT molecular complexity index is 3870. The first-order valence-corrected chi connectivity index (χ1v) is 36.0. The number of H-pyrrole nitrogens is 1. The number of aliphatic carboxylic acids is 4. The Morgan fingerprint density at radius 3 is 1.09 bits per heavy atom. The topological polar surface area (TPSA) is 853 Å². The highest BCUT2D eigenvalue weighted by Gasteiger charge is 2.38. The van der Waals surface area contributed by atoms with Gasteiger partial charge in [-0.2, -0.15) is 17.6 Å². The van der Waals surface area contributed by atoms with Gasteiger partial charge in [-0.25, -0.2) is 19.6 Å². The lowest BCUT2D eigenvalue weighted by Gasteiger charge is -2.28. The van der Waals surface area contributed by atoms with Gasteiger partial charge in [0.15, 0.2) is 11.2 Å². The molecule has 50 nitrogen and oxygen atoms in total. The van der Waals surface area contributed by atoms with E-state index in [9.17, 15) is 164 Å². The molecule has 0 saturated carbocycles. The number of nitrogens with two attached hydrogens (primary N) is 1. The number of aromatic amines is 1. The summed E-state index contributed by atoms with van der Waals surface area (Å²) in [6, 6.07) is -9.01. The number of nitrogen functional groups attached to an aromatic ring is 1. The average Bonchev–Trinajstić information content (AvgIpc) is 0.810. The molecule has 2 unspecified atom stereocenters. The van der Waals surface area contributed by atoms with Crippen molar-refractivity contribution in [1.29, 1.82) is 0 Å². The molecule has 19 atom stereocenters. The SMILES string of the molecule is Nc1nc2ncc(CNc3ccc(C(=O)N[C@@H](CCC(=O)N[C@@H](CCC(=O)NC[C@H](O)[C@@H](O)[C@H](O)C(O)CO)C(=O)N[C@H](CCC(=O)O)C(=O)N[C@@H](CCC(=O)NC[C@H](O)[C@@H](O)[C@H](O)[C@H](O)CO)C(=O)N[C@H](CCC(=O)O)C(=O)N[C@@H](CCC(=O)NC[C@H](O)[C@@H](O)[C@H](O)[C@H](O)CO)C(=O)NC(CS)C(=O)O)C(=O)O)cc3)nc2c(=O)[nH]1. The molecule has 0 aliphatic rings. The summed E-state index contributed by atoms with van der Waals surface area (Å²) in [5.74, 6) is -20.5. The van der Waals surface area contributed by atoms with Gasteiger partial charge in [-0.3, -0.25) is 67.3 Å². The molecule has 0 bridgehead atoms. The maximum atomic E-state index is 14.6. The highest BCUT2D eigenvalue weighted by Crippen LogP contribution is 2.16. The highest BCUT2D eigenvalue weighted by atomic mass is 32.1. The Morgan fingerprint density at radius 1 is 0.414 bits per heavy atom. The van der Waals surface area contributed by atoms with Gasteiger partial charge in [-0.1, -0.05) is 0 Å². The van der Waals surface area contributed by atoms with Gasteiger partial charge in [0.2, 0.25) is 59.1 Å². The number of carboxylic acids is 4. The zero-order valence-electron chi connectivity index (χ0n) is 61.5. The van der Waals surface area contributed by atoms with E-state index in [0.29, 0.717) is 5.69 Å². The number of carbonyl (C=O) groups excluding carboxylic acids is 10. The van der Waals surface area contributed by atoms with Crippen LogP contribution in [0.2, 0.25) is 0 Å². The zero-order chi connectivity index (χ0) is 87.4. The van der Waals surface area contributed by atoms with Crippen LogP contribution in [0.25, 0.3) is 11.2 Å². The van der Waals surface area contributed by atoms with E-state index in [4.69, 9.17) is 10.8 Å². The van der Waals surface area contributed by atoms with Crippen molar-refractivity contribution in [2.24, 2.45) is 0 Å². The molecule has 3 aromatic rings. The quantitative estimate of drug-likeness (QED) is 0.0233. The first kappa shape index (κ1) is 99.6. The number of nitrogens with zero attached hydrogens (tertiary/aromatic N) is 3. The number of thiol groups is 1. The van der Waals surface area contributed by atoms with Gasteiger partial charge in [-0.05, 0) is 62.8 Å². The monoisotopic (exact) mass is 1680 g/mol. The summed E-state index contributed by atoms with van der Waals surface area (Å²) in [6.45, 7) is -5.97. The van der Waals surface area contributed by atoms with E-state index in [1.165, 1.54) is 30.5 Å². The summed E-state index contributed by atoms with van der Waals surface area (Å²) >= 11 is 3.87. The molecule has 2 aromatic heterocycles. The van der Waals surface area contributed by atoms with Crippen molar-refractivity contribution in [1.82, 2.24) is 73.1 Å². The molecule has 51 heteroatoms. The standard InChI is InChI=1S/C65H98N16O34S/c66-65-80-55-48(62(111)81-65)72-28(18-71-55)17-67-27-3-1-26(2-4-27)56(105)78-34(63(112)113)8-14-45(94)73-29(5-11-42(91)68-19-36(85)49(99)52(102)39(88)22-82)57(106)76-32(9-15-46(95)96)59(108)74-30(6-12-43(92)69-20-37(86)50(100)53(103)40(89)23-83)58(107)77-33(10-16-47(97)98)60(109)75-31(61(110)79-35(25-116)64(114)115)7-13-44(93)70-21-38(87)51(101)54(104)41(90)24-84/h1-4,18,29-41,49-54,67,82-90,99-104,116H,5-17,19-25H2,(H,68,91)(H,69,92)(H,70,93)(H,73,94)(H,74,108)(H,75,109)(H,76,106)(H,77,107)(H,78,105)(H,79,110)(H,95,96)(H,97,98)(H,112,113)(H,114,115)(H3,66,71,80,81,111)/t29-,30-,31-,32+,33+,34-,35?,36-,37-,38-,39?,40+,41+,49+,50+,51+,52+,53+,54+/m0/s1. The average molecular weight is 1680 g/mol. The maximum absolute atomic E-state index is 14.6. The fourth-order valence-electron chi connectivity index (χ4n) is 10.3. The number of aromatic nitrogens is 4. The molecule has 33 N–H and O–H groups in total. The third kappa shape index (κ3) is 34.0. The van der Waals surface area contributed by atoms with E-state index >= 15 is 0 Å². The Morgan fingerprint density at radius 2 is 0.741 bits per heavy atom. The first-order chi connectivity index (χ1) is 54.5. The normalized spacial score (nSPS) is 16.3. The van der Waals surface area contributed by atoms with Crippen molar-refractivity contribution in [2.75, 3.05) is 56.3 Å². The molecule has 0 fully saturated rings. The van der Waals surface area contributed by atoms with Gasteiger partial charge in [0, 0.05) is 75.2 Å². The third-order valence-corrected chi connectivity index (χ3v) is 17.5. The van der Waals surface area contributed by atoms with Crippen LogP contribution in [0.15, 0.2) is 35.3 Å². The lowest BCUT2D eigenvalue weighted by atomic mass is 10.0. The minimum absolute atomic E-state index is 0.00179. The number of hydrogen-bond donors (Lipinski definition) is 33. The van der Waals surface area contributed by atoms with Crippen molar-refractivity contribution >= 4 is 118 Å². The number of aliphatic hydroxyl groups is 15. The highest BCUT2D eigenvalue weighted by molar-refractivity contribution is 7.80. The van der Waals surface area contributed by atoms with Crippen LogP contribution in [0.5, 0.6) is 0 Å². The maximum Gasteiger partial charge on any atom is 0.327 e. The fraction of sp³-hybridized carbons (Fsp3) is 0.600. The summed E-state index contributed by atoms with van der Waals surface area (Å²) in [4.78, 5) is 214. The van der Waals surface area contributed by atoms with Gasteiger partial charge in [0.1, 0.15) is 97.2 Å². The molecule has 0 saturated heterocycles. The number of carboxylic acid groups (broad SMARTS) is 4. The molecule has 0 aliphatic carbocycles. The molecule has 0 radical (unpaired) electrons. The van der Waals surface area contributed by atoms with Crippen molar-refractivity contribution in [3.05, 3.63) is 52.1 Å². The van der Waals surface area contributed by atoms with Crippen molar-refractivity contribution in [3.63, 3.8) is 0 Å². The third-order valence-electron chi connectivity index (χ3n) is 17.1. The molecule has 0 aliphatic heterocycles. The molecule has 648 valence electrons. The molecule has 1 aromatic carbocycles. The predicted molar refractivity (Wildman–Crippen MR) is 391 cm³/mol. The first-order valence-electron chi connectivity index (χ1n) is 35.3. The number of benzene rings is 1. The van der Waals surface area contributed by atoms with E-state index in [2.05, 4.69) is 85.7 Å². The number of amides is 10. The molecular formula is C65H98N16O34S. The number of carbonyl (C=O) groups is 14. The van der Waals surface area contributed by atoms with Crippen molar-refractivity contribution in [3.8, 4) is 0 Å². The second-order valence-corrected chi connectivity index (χ2v) is 26.4. The van der Waals surface area contributed by atoms with Crippen LogP contribution in [0, 0.1) is 0 Å². The van der Waals surface area contributed by atoms with Crippen LogP contribution >= 0.6 is 12.6 Å². The zero-order valence-corrected chi connectivity index (χ0v) is 62.4. The van der Waals surface area contributed by atoms with Gasteiger partial charge in [0.25, 0.3) is 11.5 Å². The molecule has 3 rings (SSSR count). The fourth-order valence-corrected chi connectivity index (χ4v) is 10.5. The Kier molecular flexibility index (Phi) is 42.9. The number of anilines is 2. The van der Waals surface area contributed by atoms with Gasteiger partial charge in [0.05, 0.1) is 56.6 Å². The summed E-state index contributed by atoms with van der Waals surface area (Å²) in [6.07, 6.45) is -34.8. The van der Waals surface area contributed by atoms with E-state index in [-0.39, 0.29) is 34.9 Å². The largest absolute Gasteiger partial charge is 0.481 e. The Hall–Kier alpha value is -10.6. The van der Waals surface area contributed by atoms with Crippen LogP contribution in [0.3, 0.4) is 0 Å². The molecule has 10 amide bonds. The second kappa shape index (κ2) is 50.0. The van der Waals surface area contributed by atoms with Crippen LogP contribution < -0.4 is 69.8 Å². The molecule has 0 spiro atoms. The van der Waals surface area contributed by atoms with E-state index in [0.717, 1.165) is 0 Å². The summed E-state index contributed by atoms with van der Waals surface area (Å²) in [5, 5.41) is 212. The van der Waals surface area contributed by atoms with Gasteiger partial charge >= 0.3 is 23.9 Å². The number of hydrogen-bond acceptors (Lipinski definition) is 36. The van der Waals surface area contributed by atoms with Crippen LogP contribution in [0.1, 0.15) is 93.1 Å². The molecule has 116 heavy (non-hydrogen) atoms. The Labute approximate surface area is 660 Å². The summed E-state index contributed by atoms with van der Waals surface area (Å²) in [7, 11) is 0. The lowest BCUT2D eigenvalue weighted by molar-refractivity contribution is -0.142. The number of aliphatic hydroxyl groups excluding tert-OH is 15. The predicted octanol–water partition coefficient (Wildman–Crippen LogP) is -14.5. The van der Waals surface area contributed by atoms with E-state index in [1.54, 1.807) is 0 Å². The summed E-state index contributed by atoms with van der Waals surface area (Å²) in [5.41, 5.74) is 5.35. The van der Waals surface area contributed by atoms with Gasteiger partial charge in [-0.15, -0.1) is 0 Å². The number of rotatable bonds is 55. The number of fused-ring (bicyclic) bond motifs is 1. The van der Waals surface area contributed by atoms with Crippen molar-refractivity contribution < 1.29 is 164 Å². The van der Waals surface area contributed by atoms with Crippen LogP contribution in [0.4, 0.5) is 11.6 Å². The second-order valence-electron chi connectivity index (χ2n) is 26.1. The molecule has 2 heterocycles. The smallest absolute Gasteiger partial charge is 0.327 e. The van der Waals surface area contributed by atoms with E-state index < -0.39 is 326 Å². The minimum Gasteiger partial charge on any atom is -0.481 e. The van der Waals surface area contributed by atoms with Gasteiger partial charge < -0.3 is 161 Å². The van der Waals surface area contributed by atoms with Crippen LogP contribution in [-0.4, -0.2) is 361 Å². The summed E-state index contributed by atoms with van der Waals surface area (Å²) < 4.78 is 0. The van der Waals surface area contributed by atoms with Crippen LogP contribution in [-0.2, 0) is 68.9 Å². The Balaban J connectivity index is 2.05.